The highest BCUT2D eigenvalue weighted by atomic mass is 16.7. The van der Waals surface area contributed by atoms with E-state index in [1.807, 2.05) is 0 Å². The van der Waals surface area contributed by atoms with Gasteiger partial charge in [-0.1, -0.05) is 10.3 Å². The molecular formula is C7H10N2O4. The normalized spacial score (nSPS) is 12.5. The third kappa shape index (κ3) is 4.00. The molecule has 0 rings (SSSR count). The fourth-order valence-electron chi connectivity index (χ4n) is 0.574. The highest BCUT2D eigenvalue weighted by Gasteiger charge is 2.11. The number of ketones is 1. The average molecular weight is 186 g/mol. The first kappa shape index (κ1) is 11.3. The molecule has 0 spiro atoms. The Hall–Kier alpha value is -1.72. The Kier molecular flexibility index (Phi) is 4.36. The Bertz CT molecular complexity index is 280. The lowest BCUT2D eigenvalue weighted by Gasteiger charge is -1.97. The molecule has 0 amide bonds. The van der Waals surface area contributed by atoms with Crippen LogP contribution in [0, 0.1) is 0 Å². The summed E-state index contributed by atoms with van der Waals surface area (Å²) in [6.07, 6.45) is 0. The number of nitrogens with zero attached hydrogens (tertiary/aromatic N) is 2. The first-order chi connectivity index (χ1) is 5.99. The molecule has 0 radical (unpaired) electrons. The van der Waals surface area contributed by atoms with Gasteiger partial charge in [0.1, 0.15) is 5.71 Å². The van der Waals surface area contributed by atoms with Crippen LogP contribution in [0.2, 0.25) is 0 Å². The second-order valence-corrected chi connectivity index (χ2v) is 2.26. The third-order valence-electron chi connectivity index (χ3n) is 1.09. The SMILES string of the molecule is CC(=O)ON=C(C)C(=NO)C(C)=O. The molecule has 0 unspecified atom stereocenters. The number of carbonyl (C=O) groups excluding carboxylic acids is 2. The van der Waals surface area contributed by atoms with E-state index in [0.29, 0.717) is 0 Å². The molecule has 0 aromatic rings. The quantitative estimate of drug-likeness (QED) is 0.298. The summed E-state index contributed by atoms with van der Waals surface area (Å²) in [7, 11) is 0. The predicted molar refractivity (Wildman–Crippen MR) is 44.8 cm³/mol. The standard InChI is InChI=1S/C7H10N2O4/c1-4(9-13-6(3)11)7(8-12)5(2)10/h12H,1-3H3. The molecule has 1 N–H and O–H groups in total. The van der Waals surface area contributed by atoms with Gasteiger partial charge in [0.25, 0.3) is 0 Å². The molecule has 0 saturated heterocycles. The average Bonchev–Trinajstić information content (AvgIpc) is 2.01. The lowest BCUT2D eigenvalue weighted by atomic mass is 10.2. The fourth-order valence-corrected chi connectivity index (χ4v) is 0.574. The maximum absolute atomic E-state index is 10.7. The van der Waals surface area contributed by atoms with Crippen molar-refractivity contribution < 1.29 is 19.6 Å². The Labute approximate surface area is 74.9 Å². The van der Waals surface area contributed by atoms with Crippen LogP contribution in [0.5, 0.6) is 0 Å². The van der Waals surface area contributed by atoms with Gasteiger partial charge < -0.3 is 10.0 Å². The van der Waals surface area contributed by atoms with Gasteiger partial charge in [-0.25, -0.2) is 4.79 Å². The van der Waals surface area contributed by atoms with Gasteiger partial charge >= 0.3 is 5.97 Å². The number of rotatable bonds is 3. The molecule has 0 saturated carbocycles. The van der Waals surface area contributed by atoms with Crippen molar-refractivity contribution in [3.63, 3.8) is 0 Å². The Balaban J connectivity index is 4.56. The maximum atomic E-state index is 10.7. The van der Waals surface area contributed by atoms with Gasteiger partial charge in [0.05, 0.1) is 0 Å². The van der Waals surface area contributed by atoms with E-state index in [4.69, 9.17) is 5.21 Å². The summed E-state index contributed by atoms with van der Waals surface area (Å²) in [5.41, 5.74) is -0.188. The van der Waals surface area contributed by atoms with E-state index < -0.39 is 11.8 Å². The van der Waals surface area contributed by atoms with Crippen LogP contribution in [0.25, 0.3) is 0 Å². The van der Waals surface area contributed by atoms with Crippen molar-refractivity contribution in [2.45, 2.75) is 20.8 Å². The molecule has 0 aliphatic rings. The van der Waals surface area contributed by atoms with E-state index in [9.17, 15) is 9.59 Å². The van der Waals surface area contributed by atoms with Crippen LogP contribution in [-0.4, -0.2) is 28.4 Å². The summed E-state index contributed by atoms with van der Waals surface area (Å²) in [5.74, 6) is -1.07. The summed E-state index contributed by atoms with van der Waals surface area (Å²) < 4.78 is 0. The van der Waals surface area contributed by atoms with Crippen molar-refractivity contribution >= 4 is 23.2 Å². The number of hydrogen-bond acceptors (Lipinski definition) is 6. The molecule has 6 nitrogen and oxygen atoms in total. The smallest absolute Gasteiger partial charge is 0.331 e. The van der Waals surface area contributed by atoms with Crippen LogP contribution < -0.4 is 0 Å². The second kappa shape index (κ2) is 5.02. The van der Waals surface area contributed by atoms with Crippen LogP contribution in [0.1, 0.15) is 20.8 Å². The molecule has 72 valence electrons. The molecule has 0 aromatic carbocycles. The van der Waals surface area contributed by atoms with Gasteiger partial charge in [0, 0.05) is 13.8 Å². The molecule has 0 aliphatic heterocycles. The first-order valence-corrected chi connectivity index (χ1v) is 3.44. The highest BCUT2D eigenvalue weighted by molar-refractivity contribution is 6.66. The molecule has 0 aromatic heterocycles. The van der Waals surface area contributed by atoms with Crippen LogP contribution in [0.4, 0.5) is 0 Å². The zero-order valence-electron chi connectivity index (χ0n) is 7.57. The summed E-state index contributed by atoms with van der Waals surface area (Å²) in [5, 5.41) is 14.4. The van der Waals surface area contributed by atoms with Crippen LogP contribution in [0.15, 0.2) is 10.3 Å². The van der Waals surface area contributed by atoms with Crippen molar-refractivity contribution in [1.29, 1.82) is 0 Å². The van der Waals surface area contributed by atoms with E-state index in [2.05, 4.69) is 15.1 Å². The Morgan fingerprint density at radius 3 is 2.08 bits per heavy atom. The van der Waals surface area contributed by atoms with Gasteiger partial charge in [-0.05, 0) is 6.92 Å². The van der Waals surface area contributed by atoms with Crippen LogP contribution in [0.3, 0.4) is 0 Å². The largest absolute Gasteiger partial charge is 0.410 e. The summed E-state index contributed by atoms with van der Waals surface area (Å²) in [6.45, 7) is 3.77. The zero-order valence-corrected chi connectivity index (χ0v) is 7.57. The number of hydrogen-bond donors (Lipinski definition) is 1. The van der Waals surface area contributed by atoms with Gasteiger partial charge in [0.2, 0.25) is 0 Å². The van der Waals surface area contributed by atoms with Crippen molar-refractivity contribution in [2.75, 3.05) is 0 Å². The third-order valence-corrected chi connectivity index (χ3v) is 1.09. The van der Waals surface area contributed by atoms with Crippen molar-refractivity contribution in [2.24, 2.45) is 10.3 Å². The number of carbonyl (C=O) groups is 2. The molecular weight excluding hydrogens is 176 g/mol. The molecule has 0 fully saturated rings. The topological polar surface area (TPSA) is 88.3 Å². The lowest BCUT2D eigenvalue weighted by molar-refractivity contribution is -0.140. The fraction of sp³-hybridized carbons (Fsp3) is 0.429. The summed E-state index contributed by atoms with van der Waals surface area (Å²) in [6, 6.07) is 0. The van der Waals surface area contributed by atoms with E-state index in [-0.39, 0.29) is 11.4 Å². The van der Waals surface area contributed by atoms with Gasteiger partial charge in [-0.15, -0.1) is 0 Å². The molecule has 6 heteroatoms. The summed E-state index contributed by atoms with van der Waals surface area (Å²) >= 11 is 0. The Morgan fingerprint density at radius 2 is 1.77 bits per heavy atom. The molecule has 13 heavy (non-hydrogen) atoms. The van der Waals surface area contributed by atoms with Gasteiger partial charge in [0.15, 0.2) is 11.5 Å². The zero-order chi connectivity index (χ0) is 10.4. The van der Waals surface area contributed by atoms with E-state index >= 15 is 0 Å². The first-order valence-electron chi connectivity index (χ1n) is 3.44. The monoisotopic (exact) mass is 186 g/mol. The minimum atomic E-state index is -0.611. The van der Waals surface area contributed by atoms with Crippen molar-refractivity contribution in [1.82, 2.24) is 0 Å². The number of oxime groups is 2. The van der Waals surface area contributed by atoms with Gasteiger partial charge in [-0.3, -0.25) is 4.79 Å². The van der Waals surface area contributed by atoms with Crippen molar-refractivity contribution in [3.8, 4) is 0 Å². The second-order valence-electron chi connectivity index (χ2n) is 2.26. The lowest BCUT2D eigenvalue weighted by Crippen LogP contribution is -2.19. The molecule has 0 heterocycles. The Morgan fingerprint density at radius 1 is 1.23 bits per heavy atom. The molecule has 0 atom stereocenters. The molecule has 0 aliphatic carbocycles. The molecule has 0 bridgehead atoms. The highest BCUT2D eigenvalue weighted by Crippen LogP contribution is 1.89. The van der Waals surface area contributed by atoms with Crippen LogP contribution >= 0.6 is 0 Å². The summed E-state index contributed by atoms with van der Waals surface area (Å²) in [4.78, 5) is 25.3. The predicted octanol–water partition coefficient (Wildman–Crippen LogP) is 0.345. The van der Waals surface area contributed by atoms with E-state index in [1.165, 1.54) is 20.8 Å². The number of Topliss-reactive ketones (excluding diaryl/α,β-unsaturated/α-hetero) is 1. The van der Waals surface area contributed by atoms with Gasteiger partial charge in [-0.2, -0.15) is 0 Å². The van der Waals surface area contributed by atoms with E-state index in [0.717, 1.165) is 0 Å². The minimum Gasteiger partial charge on any atom is -0.410 e. The van der Waals surface area contributed by atoms with Crippen LogP contribution in [-0.2, 0) is 14.4 Å². The van der Waals surface area contributed by atoms with E-state index in [1.54, 1.807) is 0 Å². The minimum absolute atomic E-state index is 0.0465. The maximum Gasteiger partial charge on any atom is 0.331 e. The van der Waals surface area contributed by atoms with Crippen molar-refractivity contribution in [3.05, 3.63) is 0 Å².